The maximum absolute atomic E-state index is 13.0. The Morgan fingerprint density at radius 3 is 2.68 bits per heavy atom. The Labute approximate surface area is 226 Å². The van der Waals surface area contributed by atoms with Gasteiger partial charge in [0.2, 0.25) is 10.0 Å². The Hall–Kier alpha value is -2.60. The molecule has 9 nitrogen and oxygen atoms in total. The van der Waals surface area contributed by atoms with Crippen molar-refractivity contribution in [2.45, 2.75) is 45.7 Å². The molecule has 1 atom stereocenters. The molecule has 0 fully saturated rings. The minimum Gasteiger partial charge on any atom is -0.304 e. The summed E-state index contributed by atoms with van der Waals surface area (Å²) in [6, 6.07) is 15.5. The number of hydrogen-bond acceptors (Lipinski definition) is 6. The highest BCUT2D eigenvalue weighted by molar-refractivity contribution is 9.10. The van der Waals surface area contributed by atoms with Crippen molar-refractivity contribution >= 4 is 36.9 Å². The average molecular weight is 589 g/mol. The molecule has 2 aromatic carbocycles. The second-order valence-corrected chi connectivity index (χ2v) is 11.8. The van der Waals surface area contributed by atoms with Crippen molar-refractivity contribution in [1.82, 2.24) is 34.6 Å². The van der Waals surface area contributed by atoms with Crippen molar-refractivity contribution in [2.24, 2.45) is 0 Å². The van der Waals surface area contributed by atoms with Crippen LogP contribution in [0.15, 0.2) is 59.2 Å². The second kappa shape index (κ2) is 12.8. The summed E-state index contributed by atoms with van der Waals surface area (Å²) in [6.45, 7) is 7.14. The summed E-state index contributed by atoms with van der Waals surface area (Å²) in [4.78, 5) is 6.89. The third kappa shape index (κ3) is 7.70. The molecule has 0 unspecified atom stereocenters. The van der Waals surface area contributed by atoms with Crippen LogP contribution in [-0.4, -0.2) is 63.7 Å². The zero-order valence-corrected chi connectivity index (χ0v) is 23.7. The van der Waals surface area contributed by atoms with Crippen molar-refractivity contribution in [3.63, 3.8) is 0 Å². The molecule has 0 aliphatic rings. The van der Waals surface area contributed by atoms with Gasteiger partial charge in [-0.15, -0.1) is 0 Å². The van der Waals surface area contributed by atoms with E-state index in [4.69, 9.17) is 0 Å². The lowest BCUT2D eigenvalue weighted by Gasteiger charge is -2.19. The summed E-state index contributed by atoms with van der Waals surface area (Å²) < 4.78 is 31.7. The van der Waals surface area contributed by atoms with E-state index in [9.17, 15) is 8.42 Å². The molecule has 0 saturated carbocycles. The smallest absolute Gasteiger partial charge is 0.212 e. The molecule has 0 aliphatic carbocycles. The van der Waals surface area contributed by atoms with E-state index < -0.39 is 16.1 Å². The van der Waals surface area contributed by atoms with Gasteiger partial charge in [-0.25, -0.2) is 18.1 Å². The van der Waals surface area contributed by atoms with Crippen LogP contribution < -0.4 is 4.72 Å². The standard InChI is InChI=1S/C26H34BrN7O2S/c1-3-33(4-2)15-8-16-37(35,36)32-23(13-11-20-9-6-5-7-10-20)26-29-25(30-31-26)19-34-24-14-12-22(27)17-21(24)18-28-34/h5-7,9-10,12,14,17-18,23,32H,3-4,8,11,13,15-16,19H2,1-2H3,(H,29,30,31)/t23-/m1/s1. The molecule has 2 heterocycles. The summed E-state index contributed by atoms with van der Waals surface area (Å²) in [5.41, 5.74) is 2.12. The van der Waals surface area contributed by atoms with E-state index >= 15 is 0 Å². The lowest BCUT2D eigenvalue weighted by atomic mass is 10.1. The molecule has 11 heteroatoms. The van der Waals surface area contributed by atoms with E-state index in [1.165, 1.54) is 0 Å². The average Bonchev–Trinajstić information content (AvgIpc) is 3.52. The van der Waals surface area contributed by atoms with E-state index in [1.807, 2.05) is 59.4 Å². The monoisotopic (exact) mass is 587 g/mol. The Morgan fingerprint density at radius 1 is 1.14 bits per heavy atom. The van der Waals surface area contributed by atoms with E-state index in [0.717, 1.165) is 40.6 Å². The minimum atomic E-state index is -3.51. The van der Waals surface area contributed by atoms with Gasteiger partial charge in [0, 0.05) is 9.86 Å². The second-order valence-electron chi connectivity index (χ2n) is 9.04. The number of rotatable bonds is 14. The van der Waals surface area contributed by atoms with Gasteiger partial charge in [-0.05, 0) is 62.7 Å². The largest absolute Gasteiger partial charge is 0.304 e. The van der Waals surface area contributed by atoms with Gasteiger partial charge < -0.3 is 4.90 Å². The molecule has 4 aromatic rings. The van der Waals surface area contributed by atoms with Gasteiger partial charge in [-0.3, -0.25) is 9.78 Å². The molecular formula is C26H34BrN7O2S. The van der Waals surface area contributed by atoms with Crippen LogP contribution in [0.5, 0.6) is 0 Å². The Kier molecular flexibility index (Phi) is 9.47. The zero-order chi connectivity index (χ0) is 26.3. The molecular weight excluding hydrogens is 554 g/mol. The zero-order valence-electron chi connectivity index (χ0n) is 21.3. The minimum absolute atomic E-state index is 0.0669. The van der Waals surface area contributed by atoms with Crippen molar-refractivity contribution in [3.8, 4) is 0 Å². The predicted octanol–water partition coefficient (Wildman–Crippen LogP) is 4.29. The van der Waals surface area contributed by atoms with Crippen LogP contribution in [0.4, 0.5) is 0 Å². The van der Waals surface area contributed by atoms with Gasteiger partial charge in [0.25, 0.3) is 0 Å². The van der Waals surface area contributed by atoms with Crippen LogP contribution in [0.1, 0.15) is 49.9 Å². The fourth-order valence-electron chi connectivity index (χ4n) is 4.35. The number of aryl methyl sites for hydroxylation is 1. The topological polar surface area (TPSA) is 109 Å². The summed E-state index contributed by atoms with van der Waals surface area (Å²) in [5, 5.41) is 12.9. The molecule has 2 N–H and O–H groups in total. The van der Waals surface area contributed by atoms with Gasteiger partial charge in [-0.1, -0.05) is 60.1 Å². The highest BCUT2D eigenvalue weighted by Gasteiger charge is 2.23. The molecule has 0 amide bonds. The van der Waals surface area contributed by atoms with E-state index in [-0.39, 0.29) is 5.75 Å². The highest BCUT2D eigenvalue weighted by Crippen LogP contribution is 2.21. The number of sulfonamides is 1. The van der Waals surface area contributed by atoms with Gasteiger partial charge in [0.05, 0.1) is 23.5 Å². The third-order valence-electron chi connectivity index (χ3n) is 6.43. The van der Waals surface area contributed by atoms with Crippen LogP contribution in [0.25, 0.3) is 10.9 Å². The van der Waals surface area contributed by atoms with Gasteiger partial charge in [0.1, 0.15) is 12.4 Å². The number of fused-ring (bicyclic) bond motifs is 1. The van der Waals surface area contributed by atoms with E-state index in [1.54, 1.807) is 0 Å². The summed E-state index contributed by atoms with van der Waals surface area (Å²) in [7, 11) is -3.51. The molecule has 0 bridgehead atoms. The van der Waals surface area contributed by atoms with Crippen molar-refractivity contribution < 1.29 is 8.42 Å². The first-order valence-electron chi connectivity index (χ1n) is 12.7. The molecule has 0 saturated heterocycles. The van der Waals surface area contributed by atoms with E-state index in [0.29, 0.717) is 37.5 Å². The molecule has 0 radical (unpaired) electrons. The quantitative estimate of drug-likeness (QED) is 0.228. The van der Waals surface area contributed by atoms with Gasteiger partial charge >= 0.3 is 0 Å². The number of hydrogen-bond donors (Lipinski definition) is 2. The maximum atomic E-state index is 13.0. The molecule has 0 aliphatic heterocycles. The molecule has 2 aromatic heterocycles. The number of aromatic amines is 1. The Morgan fingerprint density at radius 2 is 1.92 bits per heavy atom. The third-order valence-corrected chi connectivity index (χ3v) is 8.40. The number of halogens is 1. The number of nitrogens with zero attached hydrogens (tertiary/aromatic N) is 5. The first-order chi connectivity index (χ1) is 17.9. The molecule has 4 rings (SSSR count). The number of H-pyrrole nitrogens is 1. The highest BCUT2D eigenvalue weighted by atomic mass is 79.9. The van der Waals surface area contributed by atoms with Crippen molar-refractivity contribution in [1.29, 1.82) is 0 Å². The lowest BCUT2D eigenvalue weighted by Crippen LogP contribution is -2.33. The first-order valence-corrected chi connectivity index (χ1v) is 15.1. The number of nitrogens with one attached hydrogen (secondary N) is 2. The first kappa shape index (κ1) is 27.4. The number of benzene rings is 2. The van der Waals surface area contributed by atoms with Gasteiger partial charge in [0.15, 0.2) is 5.82 Å². The normalized spacial score (nSPS) is 13.0. The molecule has 37 heavy (non-hydrogen) atoms. The van der Waals surface area contributed by atoms with Crippen molar-refractivity contribution in [3.05, 3.63) is 76.4 Å². The lowest BCUT2D eigenvalue weighted by molar-refractivity contribution is 0.304. The van der Waals surface area contributed by atoms with E-state index in [2.05, 4.69) is 59.7 Å². The van der Waals surface area contributed by atoms with Gasteiger partial charge in [-0.2, -0.15) is 10.2 Å². The summed E-state index contributed by atoms with van der Waals surface area (Å²) >= 11 is 3.49. The SMILES string of the molecule is CCN(CC)CCCS(=O)(=O)N[C@H](CCc1ccccc1)c1n[nH]c(Cn2ncc3cc(Br)ccc32)n1. The summed E-state index contributed by atoms with van der Waals surface area (Å²) in [6.07, 6.45) is 3.64. The number of aromatic nitrogens is 5. The fraction of sp³-hybridized carbons (Fsp3) is 0.423. The van der Waals surface area contributed by atoms with Crippen molar-refractivity contribution in [2.75, 3.05) is 25.4 Å². The van der Waals surface area contributed by atoms with Crippen LogP contribution in [0.3, 0.4) is 0 Å². The molecule has 0 spiro atoms. The Balaban J connectivity index is 1.48. The summed E-state index contributed by atoms with van der Waals surface area (Å²) in [5.74, 6) is 1.13. The fourth-order valence-corrected chi connectivity index (χ4v) is 6.02. The molecule has 198 valence electrons. The Bertz CT molecular complexity index is 1380. The van der Waals surface area contributed by atoms with Crippen LogP contribution >= 0.6 is 15.9 Å². The van der Waals surface area contributed by atoms with Crippen LogP contribution in [-0.2, 0) is 23.0 Å². The maximum Gasteiger partial charge on any atom is 0.212 e. The van der Waals surface area contributed by atoms with Crippen LogP contribution in [0.2, 0.25) is 0 Å². The van der Waals surface area contributed by atoms with Crippen LogP contribution in [0, 0.1) is 0 Å². The predicted molar refractivity (Wildman–Crippen MR) is 150 cm³/mol.